The van der Waals surface area contributed by atoms with Gasteiger partial charge in [-0.3, -0.25) is 0 Å². The minimum absolute atomic E-state index is 0.821. The SMILES string of the molecule is C#Cc1ccccc1C1=CC2=CC3=NC(=CC4=NC(=CC5=NC(=CC1=N2)C=C5)C=C4)C=C3. The molecule has 0 aromatic heterocycles. The molecule has 0 aliphatic carbocycles. The largest absolute Gasteiger partial charge is 0.249 e. The highest BCUT2D eigenvalue weighted by Gasteiger charge is 2.19. The lowest BCUT2D eigenvalue weighted by atomic mass is 9.96. The highest BCUT2D eigenvalue weighted by Crippen LogP contribution is 2.30. The molecule has 0 amide bonds. The summed E-state index contributed by atoms with van der Waals surface area (Å²) in [7, 11) is 0. The zero-order valence-corrected chi connectivity index (χ0v) is 17.0. The maximum Gasteiger partial charge on any atom is 0.0738 e. The Morgan fingerprint density at radius 3 is 1.75 bits per heavy atom. The molecule has 0 spiro atoms. The Hall–Kier alpha value is -4.62. The summed E-state index contributed by atoms with van der Waals surface area (Å²) in [4.78, 5) is 19.0. The van der Waals surface area contributed by atoms with Gasteiger partial charge in [0.05, 0.1) is 45.6 Å². The summed E-state index contributed by atoms with van der Waals surface area (Å²) in [6.45, 7) is 0. The number of rotatable bonds is 1. The summed E-state index contributed by atoms with van der Waals surface area (Å²) in [5.74, 6) is 2.79. The van der Waals surface area contributed by atoms with Crippen molar-refractivity contribution in [3.8, 4) is 12.3 Å². The molecule has 4 nitrogen and oxygen atoms in total. The Morgan fingerprint density at radius 2 is 1.12 bits per heavy atom. The third-order valence-electron chi connectivity index (χ3n) is 5.41. The van der Waals surface area contributed by atoms with Crippen LogP contribution in [0.4, 0.5) is 0 Å². The van der Waals surface area contributed by atoms with Gasteiger partial charge in [0, 0.05) is 11.1 Å². The lowest BCUT2D eigenvalue weighted by molar-refractivity contribution is 1.41. The van der Waals surface area contributed by atoms with E-state index in [1.165, 1.54) is 0 Å². The summed E-state index contributed by atoms with van der Waals surface area (Å²) >= 11 is 0. The van der Waals surface area contributed by atoms with E-state index in [-0.39, 0.29) is 0 Å². The van der Waals surface area contributed by atoms with Crippen LogP contribution in [-0.2, 0) is 0 Å². The van der Waals surface area contributed by atoms with Crippen molar-refractivity contribution < 1.29 is 0 Å². The third kappa shape index (κ3) is 3.32. The van der Waals surface area contributed by atoms with Crippen LogP contribution >= 0.6 is 0 Å². The second-order valence-corrected chi connectivity index (χ2v) is 7.63. The second-order valence-electron chi connectivity index (χ2n) is 7.63. The Balaban J connectivity index is 1.53. The zero-order chi connectivity index (χ0) is 21.5. The zero-order valence-electron chi connectivity index (χ0n) is 17.0. The standard InChI is InChI=1S/C28H16N4/c1-2-18-5-3-4-6-26(18)27-16-25-15-23-10-9-21(30-23)13-19-7-8-20(29-19)14-22-11-12-24(31-22)17-28(27)32-25/h1,3-17H. The molecular weight excluding hydrogens is 392 g/mol. The van der Waals surface area contributed by atoms with Crippen molar-refractivity contribution in [1.82, 2.24) is 0 Å². The van der Waals surface area contributed by atoms with Gasteiger partial charge in [0.2, 0.25) is 0 Å². The number of fused-ring (bicyclic) bond motifs is 4. The fourth-order valence-electron chi connectivity index (χ4n) is 3.96. The molecule has 4 heteroatoms. The number of hydrogen-bond donors (Lipinski definition) is 0. The van der Waals surface area contributed by atoms with E-state index in [0.717, 1.165) is 62.3 Å². The van der Waals surface area contributed by atoms with Crippen LogP contribution < -0.4 is 0 Å². The minimum atomic E-state index is 0.821. The number of benzene rings is 1. The van der Waals surface area contributed by atoms with E-state index >= 15 is 0 Å². The molecule has 148 valence electrons. The summed E-state index contributed by atoms with van der Waals surface area (Å²) in [5.41, 5.74) is 9.55. The van der Waals surface area contributed by atoms with Gasteiger partial charge in [0.1, 0.15) is 0 Å². The van der Waals surface area contributed by atoms with E-state index in [2.05, 4.69) is 17.0 Å². The van der Waals surface area contributed by atoms with Gasteiger partial charge in [-0.2, -0.15) is 0 Å². The van der Waals surface area contributed by atoms with Gasteiger partial charge in [-0.05, 0) is 78.5 Å². The smallest absolute Gasteiger partial charge is 0.0738 e. The first-order valence-corrected chi connectivity index (χ1v) is 10.3. The molecule has 0 radical (unpaired) electrons. The molecule has 32 heavy (non-hydrogen) atoms. The Labute approximate surface area is 185 Å². The van der Waals surface area contributed by atoms with Crippen molar-refractivity contribution in [3.63, 3.8) is 0 Å². The van der Waals surface area contributed by atoms with E-state index in [4.69, 9.17) is 21.4 Å². The van der Waals surface area contributed by atoms with Gasteiger partial charge in [-0.15, -0.1) is 6.42 Å². The topological polar surface area (TPSA) is 49.4 Å². The summed E-state index contributed by atoms with van der Waals surface area (Å²) < 4.78 is 0. The van der Waals surface area contributed by atoms with Gasteiger partial charge in [-0.1, -0.05) is 24.1 Å². The van der Waals surface area contributed by atoms with E-state index in [9.17, 15) is 0 Å². The van der Waals surface area contributed by atoms with Crippen LogP contribution in [-0.4, -0.2) is 22.8 Å². The average molecular weight is 408 g/mol. The molecule has 5 aliphatic heterocycles. The van der Waals surface area contributed by atoms with Gasteiger partial charge < -0.3 is 0 Å². The molecular formula is C28H16N4. The Morgan fingerprint density at radius 1 is 0.562 bits per heavy atom. The molecule has 5 aliphatic rings. The number of nitrogens with zero attached hydrogens (tertiary/aromatic N) is 4. The molecule has 1 aromatic rings. The minimum Gasteiger partial charge on any atom is -0.249 e. The molecule has 1 aromatic carbocycles. The van der Waals surface area contributed by atoms with Crippen molar-refractivity contribution in [2.75, 3.05) is 0 Å². The van der Waals surface area contributed by atoms with E-state index in [1.807, 2.05) is 85.0 Å². The maximum atomic E-state index is 5.77. The van der Waals surface area contributed by atoms with Crippen molar-refractivity contribution in [3.05, 3.63) is 125 Å². The molecule has 8 bridgehead atoms. The van der Waals surface area contributed by atoms with Gasteiger partial charge in [-0.25, -0.2) is 20.0 Å². The van der Waals surface area contributed by atoms with E-state index in [1.54, 1.807) is 0 Å². The van der Waals surface area contributed by atoms with Crippen molar-refractivity contribution in [2.24, 2.45) is 20.0 Å². The average Bonchev–Trinajstić information content (AvgIpc) is 3.59. The quantitative estimate of drug-likeness (QED) is 0.582. The second kappa shape index (κ2) is 7.26. The first kappa shape index (κ1) is 18.2. The van der Waals surface area contributed by atoms with Gasteiger partial charge in [0.25, 0.3) is 0 Å². The predicted octanol–water partition coefficient (Wildman–Crippen LogP) is 5.09. The normalized spacial score (nSPS) is 19.9. The van der Waals surface area contributed by atoms with Crippen LogP contribution in [0.25, 0.3) is 5.57 Å². The van der Waals surface area contributed by atoms with Gasteiger partial charge in [0.15, 0.2) is 0 Å². The van der Waals surface area contributed by atoms with E-state index < -0.39 is 0 Å². The van der Waals surface area contributed by atoms with Crippen molar-refractivity contribution in [1.29, 1.82) is 0 Å². The Kier molecular flexibility index (Phi) is 4.12. The van der Waals surface area contributed by atoms with Crippen LogP contribution in [0.3, 0.4) is 0 Å². The molecule has 0 saturated carbocycles. The monoisotopic (exact) mass is 408 g/mol. The van der Waals surface area contributed by atoms with Crippen LogP contribution in [0, 0.1) is 12.3 Å². The molecule has 0 atom stereocenters. The fourth-order valence-corrected chi connectivity index (χ4v) is 3.96. The molecule has 0 saturated heterocycles. The number of terminal acetylenes is 1. The third-order valence-corrected chi connectivity index (χ3v) is 5.41. The van der Waals surface area contributed by atoms with Crippen molar-refractivity contribution in [2.45, 2.75) is 0 Å². The first-order chi connectivity index (χ1) is 15.7. The molecule has 0 unspecified atom stereocenters. The lowest BCUT2D eigenvalue weighted by Gasteiger charge is -2.06. The number of aliphatic imine (C=N–C) groups is 4. The fraction of sp³-hybridized carbons (Fsp3) is 0. The Bertz CT molecular complexity index is 1500. The van der Waals surface area contributed by atoms with Crippen LogP contribution in [0.5, 0.6) is 0 Å². The van der Waals surface area contributed by atoms with E-state index in [0.29, 0.717) is 0 Å². The highest BCUT2D eigenvalue weighted by molar-refractivity contribution is 6.33. The molecule has 0 N–H and O–H groups in total. The highest BCUT2D eigenvalue weighted by atomic mass is 14.8. The maximum absolute atomic E-state index is 5.77. The molecule has 5 heterocycles. The van der Waals surface area contributed by atoms with Crippen LogP contribution in [0.1, 0.15) is 11.1 Å². The van der Waals surface area contributed by atoms with Crippen LogP contribution in [0.2, 0.25) is 0 Å². The first-order valence-electron chi connectivity index (χ1n) is 10.3. The predicted molar refractivity (Wildman–Crippen MR) is 132 cm³/mol. The summed E-state index contributed by atoms with van der Waals surface area (Å²) in [6, 6.07) is 7.91. The van der Waals surface area contributed by atoms with Crippen molar-refractivity contribution >= 4 is 28.4 Å². The number of hydrogen-bond acceptors (Lipinski definition) is 4. The lowest BCUT2D eigenvalue weighted by Crippen LogP contribution is -1.98. The summed E-state index contributed by atoms with van der Waals surface area (Å²) in [5, 5.41) is 0. The number of allylic oxidation sites excluding steroid dienone is 12. The molecule has 6 rings (SSSR count). The van der Waals surface area contributed by atoms with Gasteiger partial charge >= 0.3 is 0 Å². The molecule has 0 fully saturated rings. The van der Waals surface area contributed by atoms with Crippen LogP contribution in [0.15, 0.2) is 134 Å². The summed E-state index contributed by atoms with van der Waals surface area (Å²) in [6.07, 6.45) is 27.6.